The first-order chi connectivity index (χ1) is 15.0. The number of benzene rings is 2. The van der Waals surface area contributed by atoms with Crippen molar-refractivity contribution >= 4 is 33.5 Å². The van der Waals surface area contributed by atoms with Gasteiger partial charge in [-0.15, -0.1) is 0 Å². The molecule has 166 valence electrons. The van der Waals surface area contributed by atoms with Crippen LogP contribution in [0.2, 0.25) is 0 Å². The lowest BCUT2D eigenvalue weighted by molar-refractivity contribution is 0.104. The standard InChI is InChI=1S/C24H28BrFN2O3/c1-4-27-10-12-28(13-11-27)21-8-7-18(16-20(21)26)22(29)9-6-17-14-19(25)24(31-5-2)23(15-17)30-3/h6-9,14-16H,4-5,10-13H2,1-3H3/b9-6+. The van der Waals surface area contributed by atoms with Crippen molar-refractivity contribution in [2.75, 3.05) is 51.3 Å². The molecule has 1 fully saturated rings. The summed E-state index contributed by atoms with van der Waals surface area (Å²) in [4.78, 5) is 17.0. The van der Waals surface area contributed by atoms with Gasteiger partial charge in [0, 0.05) is 31.7 Å². The number of hydrogen-bond donors (Lipinski definition) is 0. The lowest BCUT2D eigenvalue weighted by Gasteiger charge is -2.35. The molecule has 1 saturated heterocycles. The molecule has 0 N–H and O–H groups in total. The predicted octanol–water partition coefficient (Wildman–Crippen LogP) is 5.03. The van der Waals surface area contributed by atoms with Crippen LogP contribution in [0.5, 0.6) is 11.5 Å². The van der Waals surface area contributed by atoms with Crippen molar-refractivity contribution < 1.29 is 18.7 Å². The van der Waals surface area contributed by atoms with Crippen molar-refractivity contribution in [3.63, 3.8) is 0 Å². The zero-order valence-corrected chi connectivity index (χ0v) is 19.7. The zero-order chi connectivity index (χ0) is 22.4. The molecule has 3 rings (SSSR count). The number of rotatable bonds is 8. The summed E-state index contributed by atoms with van der Waals surface area (Å²) in [5.74, 6) is 0.563. The Morgan fingerprint density at radius 1 is 1.16 bits per heavy atom. The van der Waals surface area contributed by atoms with E-state index in [1.807, 2.05) is 17.9 Å². The number of likely N-dealkylation sites (N-methyl/N-ethyl adjacent to an activating group) is 1. The number of halogens is 2. The molecule has 0 aromatic heterocycles. The Labute approximate surface area is 191 Å². The first kappa shape index (κ1) is 23.3. The summed E-state index contributed by atoms with van der Waals surface area (Å²) >= 11 is 3.47. The molecule has 0 bridgehead atoms. The van der Waals surface area contributed by atoms with Gasteiger partial charge >= 0.3 is 0 Å². The monoisotopic (exact) mass is 490 g/mol. The summed E-state index contributed by atoms with van der Waals surface area (Å²) < 4.78 is 26.4. The molecule has 1 aliphatic rings. The van der Waals surface area contributed by atoms with Crippen LogP contribution < -0.4 is 14.4 Å². The Balaban J connectivity index is 1.73. The van der Waals surface area contributed by atoms with Crippen LogP contribution >= 0.6 is 15.9 Å². The number of ketones is 1. The largest absolute Gasteiger partial charge is 0.493 e. The van der Waals surface area contributed by atoms with Crippen LogP contribution in [0.1, 0.15) is 29.8 Å². The first-order valence-corrected chi connectivity index (χ1v) is 11.3. The molecule has 0 spiro atoms. The topological polar surface area (TPSA) is 42.0 Å². The summed E-state index contributed by atoms with van der Waals surface area (Å²) in [6, 6.07) is 8.35. The third-order valence-electron chi connectivity index (χ3n) is 5.36. The van der Waals surface area contributed by atoms with Crippen LogP contribution in [0, 0.1) is 5.82 Å². The second kappa shape index (κ2) is 10.8. The van der Waals surface area contributed by atoms with Gasteiger partial charge in [-0.05, 0) is 71.4 Å². The van der Waals surface area contributed by atoms with E-state index in [9.17, 15) is 9.18 Å². The lowest BCUT2D eigenvalue weighted by atomic mass is 10.1. The molecule has 2 aromatic rings. The van der Waals surface area contributed by atoms with Crippen molar-refractivity contribution in [2.45, 2.75) is 13.8 Å². The van der Waals surface area contributed by atoms with Gasteiger partial charge in [0.1, 0.15) is 5.82 Å². The van der Waals surface area contributed by atoms with Gasteiger partial charge in [-0.1, -0.05) is 13.0 Å². The normalized spacial score (nSPS) is 14.8. The van der Waals surface area contributed by atoms with E-state index in [1.54, 1.807) is 31.4 Å². The molecule has 0 amide bonds. The highest BCUT2D eigenvalue weighted by molar-refractivity contribution is 9.10. The molecule has 0 saturated carbocycles. The molecule has 0 unspecified atom stereocenters. The maximum absolute atomic E-state index is 14.7. The number of carbonyl (C=O) groups is 1. The maximum Gasteiger partial charge on any atom is 0.185 e. The van der Waals surface area contributed by atoms with E-state index < -0.39 is 0 Å². The minimum Gasteiger partial charge on any atom is -0.493 e. The van der Waals surface area contributed by atoms with Gasteiger partial charge in [-0.25, -0.2) is 4.39 Å². The minimum atomic E-state index is -0.366. The zero-order valence-electron chi connectivity index (χ0n) is 18.2. The highest BCUT2D eigenvalue weighted by atomic mass is 79.9. The minimum absolute atomic E-state index is 0.259. The molecule has 1 aliphatic heterocycles. The van der Waals surface area contributed by atoms with E-state index in [4.69, 9.17) is 9.47 Å². The van der Waals surface area contributed by atoms with Crippen molar-refractivity contribution in [2.24, 2.45) is 0 Å². The quantitative estimate of drug-likeness (QED) is 0.383. The van der Waals surface area contributed by atoms with Crippen molar-refractivity contribution in [1.82, 2.24) is 4.90 Å². The maximum atomic E-state index is 14.7. The SMILES string of the molecule is CCOc1c(Br)cc(/C=C/C(=O)c2ccc(N3CCN(CC)CC3)c(F)c2)cc1OC. The molecule has 7 heteroatoms. The highest BCUT2D eigenvalue weighted by Crippen LogP contribution is 2.37. The first-order valence-electron chi connectivity index (χ1n) is 10.5. The second-order valence-corrected chi connectivity index (χ2v) is 8.11. The van der Waals surface area contributed by atoms with Gasteiger partial charge in [-0.2, -0.15) is 0 Å². The second-order valence-electron chi connectivity index (χ2n) is 7.25. The molecule has 0 aliphatic carbocycles. The third kappa shape index (κ3) is 5.66. The Morgan fingerprint density at radius 2 is 1.90 bits per heavy atom. The molecule has 5 nitrogen and oxygen atoms in total. The number of allylic oxidation sites excluding steroid dienone is 1. The number of hydrogen-bond acceptors (Lipinski definition) is 5. The van der Waals surface area contributed by atoms with Gasteiger partial charge in [0.15, 0.2) is 17.3 Å². The van der Waals surface area contributed by atoms with Crippen molar-refractivity contribution in [3.05, 3.63) is 57.8 Å². The fourth-order valence-corrected chi connectivity index (χ4v) is 4.18. The summed E-state index contributed by atoms with van der Waals surface area (Å²) in [5, 5.41) is 0. The van der Waals surface area contributed by atoms with E-state index in [1.165, 1.54) is 12.1 Å². The highest BCUT2D eigenvalue weighted by Gasteiger charge is 2.19. The van der Waals surface area contributed by atoms with E-state index in [2.05, 4.69) is 27.8 Å². The average molecular weight is 491 g/mol. The van der Waals surface area contributed by atoms with E-state index in [0.717, 1.165) is 42.8 Å². The molecular formula is C24H28BrFN2O3. The van der Waals surface area contributed by atoms with E-state index >= 15 is 0 Å². The Kier molecular flexibility index (Phi) is 8.09. The average Bonchev–Trinajstić information content (AvgIpc) is 2.79. The van der Waals surface area contributed by atoms with Crippen LogP contribution in [0.4, 0.5) is 10.1 Å². The summed E-state index contributed by atoms with van der Waals surface area (Å²) in [6.07, 6.45) is 3.12. The molecule has 1 heterocycles. The molecule has 31 heavy (non-hydrogen) atoms. The number of carbonyl (C=O) groups excluding carboxylic acids is 1. The summed E-state index contributed by atoms with van der Waals surface area (Å²) in [6.45, 7) is 8.95. The Hall–Kier alpha value is -2.38. The van der Waals surface area contributed by atoms with Crippen molar-refractivity contribution in [3.8, 4) is 11.5 Å². The number of ether oxygens (including phenoxy) is 2. The van der Waals surface area contributed by atoms with Crippen LogP contribution in [0.3, 0.4) is 0 Å². The van der Waals surface area contributed by atoms with Crippen LogP contribution in [-0.4, -0.2) is 57.1 Å². The Bertz CT molecular complexity index is 956. The van der Waals surface area contributed by atoms with E-state index in [-0.39, 0.29) is 11.6 Å². The van der Waals surface area contributed by atoms with Crippen LogP contribution in [0.25, 0.3) is 6.08 Å². The van der Waals surface area contributed by atoms with Gasteiger partial charge in [0.05, 0.1) is 23.9 Å². The fourth-order valence-electron chi connectivity index (χ4n) is 3.61. The van der Waals surface area contributed by atoms with E-state index in [0.29, 0.717) is 29.4 Å². The van der Waals surface area contributed by atoms with Crippen LogP contribution in [-0.2, 0) is 0 Å². The number of methoxy groups -OCH3 is 1. The van der Waals surface area contributed by atoms with Crippen LogP contribution in [0.15, 0.2) is 40.9 Å². The smallest absolute Gasteiger partial charge is 0.185 e. The summed E-state index contributed by atoms with van der Waals surface area (Å²) in [5.41, 5.74) is 1.64. The lowest BCUT2D eigenvalue weighted by Crippen LogP contribution is -2.46. The molecule has 0 atom stereocenters. The summed E-state index contributed by atoms with van der Waals surface area (Å²) in [7, 11) is 1.56. The fraction of sp³-hybridized carbons (Fsp3) is 0.375. The Morgan fingerprint density at radius 3 is 2.52 bits per heavy atom. The number of piperazine rings is 1. The molecular weight excluding hydrogens is 463 g/mol. The number of nitrogens with zero attached hydrogens (tertiary/aromatic N) is 2. The third-order valence-corrected chi connectivity index (χ3v) is 5.95. The molecule has 0 radical (unpaired) electrons. The van der Waals surface area contributed by atoms with Gasteiger partial charge in [0.2, 0.25) is 0 Å². The van der Waals surface area contributed by atoms with Gasteiger partial charge in [-0.3, -0.25) is 4.79 Å². The number of anilines is 1. The van der Waals surface area contributed by atoms with Gasteiger partial charge < -0.3 is 19.3 Å². The van der Waals surface area contributed by atoms with Gasteiger partial charge in [0.25, 0.3) is 0 Å². The predicted molar refractivity (Wildman–Crippen MR) is 126 cm³/mol. The molecule has 2 aromatic carbocycles. The van der Waals surface area contributed by atoms with Crippen molar-refractivity contribution in [1.29, 1.82) is 0 Å².